The molecule has 1 aromatic rings. The molecular weight excluding hydrogens is 206 g/mol. The van der Waals surface area contributed by atoms with Crippen molar-refractivity contribution in [2.24, 2.45) is 0 Å². The van der Waals surface area contributed by atoms with E-state index in [9.17, 15) is 9.59 Å². The molecule has 1 rings (SSSR count). The first-order chi connectivity index (χ1) is 7.65. The van der Waals surface area contributed by atoms with E-state index in [-0.39, 0.29) is 12.3 Å². The van der Waals surface area contributed by atoms with Gasteiger partial charge < -0.3 is 10.4 Å². The van der Waals surface area contributed by atoms with Gasteiger partial charge in [0.2, 0.25) is 5.91 Å². The van der Waals surface area contributed by atoms with Gasteiger partial charge in [-0.05, 0) is 5.56 Å². The molecule has 0 bridgehead atoms. The third-order valence-electron chi connectivity index (χ3n) is 2.01. The lowest BCUT2D eigenvalue weighted by molar-refractivity contribution is -0.141. The summed E-state index contributed by atoms with van der Waals surface area (Å²) in [7, 11) is 0. The molecule has 0 fully saturated rings. The van der Waals surface area contributed by atoms with Crippen LogP contribution in [0.25, 0.3) is 0 Å². The number of carboxylic acid groups (broad SMARTS) is 1. The van der Waals surface area contributed by atoms with Crippen LogP contribution >= 0.6 is 0 Å². The molecule has 1 aromatic carbocycles. The van der Waals surface area contributed by atoms with Crippen LogP contribution in [0.1, 0.15) is 18.0 Å². The predicted molar refractivity (Wildman–Crippen MR) is 59.8 cm³/mol. The van der Waals surface area contributed by atoms with Crippen LogP contribution in [0, 0.1) is 0 Å². The van der Waals surface area contributed by atoms with Gasteiger partial charge in [-0.2, -0.15) is 0 Å². The summed E-state index contributed by atoms with van der Waals surface area (Å²) >= 11 is 0. The molecule has 0 aliphatic carbocycles. The van der Waals surface area contributed by atoms with Gasteiger partial charge in [-0.15, -0.1) is 6.58 Å². The molecule has 0 aromatic heterocycles. The van der Waals surface area contributed by atoms with Crippen LogP contribution in [0.4, 0.5) is 0 Å². The minimum atomic E-state index is -1.08. The highest BCUT2D eigenvalue weighted by atomic mass is 16.4. The number of carbonyl (C=O) groups is 2. The van der Waals surface area contributed by atoms with Crippen LogP contribution < -0.4 is 5.32 Å². The minimum absolute atomic E-state index is 0.108. The molecule has 4 nitrogen and oxygen atoms in total. The second kappa shape index (κ2) is 5.70. The number of hydrogen-bond acceptors (Lipinski definition) is 2. The van der Waals surface area contributed by atoms with Gasteiger partial charge in [-0.25, -0.2) is 4.79 Å². The summed E-state index contributed by atoms with van der Waals surface area (Å²) < 4.78 is 0. The zero-order chi connectivity index (χ0) is 12.0. The molecule has 0 saturated heterocycles. The van der Waals surface area contributed by atoms with E-state index in [0.29, 0.717) is 5.56 Å². The molecule has 1 atom stereocenters. The smallest absolute Gasteiger partial charge is 0.330 e. The maximum absolute atomic E-state index is 11.3. The predicted octanol–water partition coefficient (Wildman–Crippen LogP) is 1.50. The van der Waals surface area contributed by atoms with E-state index in [1.165, 1.54) is 6.08 Å². The number of carboxylic acids is 1. The Kier molecular flexibility index (Phi) is 4.27. The third-order valence-corrected chi connectivity index (χ3v) is 2.01. The molecule has 84 valence electrons. The van der Waals surface area contributed by atoms with E-state index in [1.54, 1.807) is 30.3 Å². The van der Waals surface area contributed by atoms with Crippen LogP contribution in [-0.2, 0) is 9.59 Å². The fraction of sp³-hybridized carbons (Fsp3) is 0.167. The van der Waals surface area contributed by atoms with Gasteiger partial charge in [0.05, 0.1) is 0 Å². The van der Waals surface area contributed by atoms with Gasteiger partial charge in [-0.1, -0.05) is 36.4 Å². The highest BCUT2D eigenvalue weighted by molar-refractivity contribution is 5.85. The van der Waals surface area contributed by atoms with E-state index >= 15 is 0 Å². The monoisotopic (exact) mass is 219 g/mol. The summed E-state index contributed by atoms with van der Waals surface area (Å²) in [6, 6.07) is 7.55. The van der Waals surface area contributed by atoms with Gasteiger partial charge in [0.25, 0.3) is 0 Å². The van der Waals surface area contributed by atoms with E-state index in [2.05, 4.69) is 11.9 Å². The Bertz CT molecular complexity index is 387. The zero-order valence-electron chi connectivity index (χ0n) is 8.72. The molecule has 1 amide bonds. The molecule has 4 heteroatoms. The molecule has 0 unspecified atom stereocenters. The first-order valence-corrected chi connectivity index (χ1v) is 4.83. The molecule has 0 saturated carbocycles. The summed E-state index contributed by atoms with van der Waals surface area (Å²) in [6.07, 6.45) is 1.54. The average Bonchev–Trinajstić information content (AvgIpc) is 2.27. The van der Waals surface area contributed by atoms with Gasteiger partial charge in [0.15, 0.2) is 6.04 Å². The maximum atomic E-state index is 11.3. The molecule has 0 aliphatic rings. The minimum Gasteiger partial charge on any atom is -0.479 e. The summed E-state index contributed by atoms with van der Waals surface area (Å²) in [6.45, 7) is 3.42. The number of benzene rings is 1. The van der Waals surface area contributed by atoms with Crippen molar-refractivity contribution in [3.8, 4) is 0 Å². The lowest BCUT2D eigenvalue weighted by atomic mass is 10.1. The summed E-state index contributed by atoms with van der Waals surface area (Å²) in [5, 5.41) is 11.4. The Morgan fingerprint density at radius 3 is 2.50 bits per heavy atom. The molecule has 0 heterocycles. The van der Waals surface area contributed by atoms with Gasteiger partial charge in [-0.3, -0.25) is 4.79 Å². The Balaban J connectivity index is 2.80. The first kappa shape index (κ1) is 12.0. The SMILES string of the molecule is C=CCC(=O)N[C@H](C(=O)O)c1ccccc1. The van der Waals surface area contributed by atoms with Crippen LogP contribution in [-0.4, -0.2) is 17.0 Å². The topological polar surface area (TPSA) is 66.4 Å². The number of nitrogens with one attached hydrogen (secondary N) is 1. The molecule has 0 aliphatic heterocycles. The van der Waals surface area contributed by atoms with E-state index in [1.807, 2.05) is 0 Å². The quantitative estimate of drug-likeness (QED) is 0.737. The van der Waals surface area contributed by atoms with Gasteiger partial charge >= 0.3 is 5.97 Å². The number of aliphatic carboxylic acids is 1. The van der Waals surface area contributed by atoms with Crippen LogP contribution in [0.3, 0.4) is 0 Å². The largest absolute Gasteiger partial charge is 0.479 e. The van der Waals surface area contributed by atoms with E-state index in [0.717, 1.165) is 0 Å². The Morgan fingerprint density at radius 1 is 1.38 bits per heavy atom. The van der Waals surface area contributed by atoms with Crippen molar-refractivity contribution in [1.82, 2.24) is 5.32 Å². The van der Waals surface area contributed by atoms with Gasteiger partial charge in [0, 0.05) is 6.42 Å². The highest BCUT2D eigenvalue weighted by Crippen LogP contribution is 2.12. The fourth-order valence-electron chi connectivity index (χ4n) is 1.28. The van der Waals surface area contributed by atoms with Crippen molar-refractivity contribution >= 4 is 11.9 Å². The van der Waals surface area contributed by atoms with Crippen molar-refractivity contribution < 1.29 is 14.7 Å². The number of hydrogen-bond donors (Lipinski definition) is 2. The summed E-state index contributed by atoms with van der Waals surface area (Å²) in [5.41, 5.74) is 0.549. The van der Waals surface area contributed by atoms with Crippen molar-refractivity contribution in [2.45, 2.75) is 12.5 Å². The normalized spacial score (nSPS) is 11.5. The van der Waals surface area contributed by atoms with Crippen LogP contribution in [0.15, 0.2) is 43.0 Å². The Labute approximate surface area is 93.6 Å². The number of rotatable bonds is 5. The second-order valence-electron chi connectivity index (χ2n) is 3.24. The molecular formula is C12H13NO3. The van der Waals surface area contributed by atoms with Crippen molar-refractivity contribution in [1.29, 1.82) is 0 Å². The average molecular weight is 219 g/mol. The first-order valence-electron chi connectivity index (χ1n) is 4.83. The second-order valence-corrected chi connectivity index (χ2v) is 3.24. The highest BCUT2D eigenvalue weighted by Gasteiger charge is 2.20. The number of amides is 1. The van der Waals surface area contributed by atoms with Crippen molar-refractivity contribution in [3.05, 3.63) is 48.6 Å². The molecule has 0 spiro atoms. The van der Waals surface area contributed by atoms with E-state index in [4.69, 9.17) is 5.11 Å². The van der Waals surface area contributed by atoms with Crippen LogP contribution in [0.5, 0.6) is 0 Å². The van der Waals surface area contributed by atoms with Crippen molar-refractivity contribution in [3.63, 3.8) is 0 Å². The van der Waals surface area contributed by atoms with E-state index < -0.39 is 12.0 Å². The molecule has 16 heavy (non-hydrogen) atoms. The fourth-order valence-corrected chi connectivity index (χ4v) is 1.28. The summed E-state index contributed by atoms with van der Waals surface area (Å²) in [5.74, 6) is -1.44. The lowest BCUT2D eigenvalue weighted by Crippen LogP contribution is -2.33. The third kappa shape index (κ3) is 3.24. The van der Waals surface area contributed by atoms with Gasteiger partial charge in [0.1, 0.15) is 0 Å². The van der Waals surface area contributed by atoms with Crippen LogP contribution in [0.2, 0.25) is 0 Å². The Hall–Kier alpha value is -2.10. The molecule has 0 radical (unpaired) electrons. The maximum Gasteiger partial charge on any atom is 0.330 e. The summed E-state index contributed by atoms with van der Waals surface area (Å²) in [4.78, 5) is 22.3. The van der Waals surface area contributed by atoms with Crippen molar-refractivity contribution in [2.75, 3.05) is 0 Å². The molecule has 2 N–H and O–H groups in total. The zero-order valence-corrected chi connectivity index (χ0v) is 8.72. The standard InChI is InChI=1S/C12H13NO3/c1-2-6-10(14)13-11(12(15)16)9-7-4-3-5-8-9/h2-5,7-8,11H,1,6H2,(H,13,14)(H,15,16)/t11-/m0/s1. The lowest BCUT2D eigenvalue weighted by Gasteiger charge is -2.14. The number of carbonyl (C=O) groups excluding carboxylic acids is 1. The Morgan fingerprint density at radius 2 is 2.00 bits per heavy atom.